The average molecular weight is 592 g/mol. The summed E-state index contributed by atoms with van der Waals surface area (Å²) in [5.41, 5.74) is 2.02. The van der Waals surface area contributed by atoms with E-state index in [1.165, 1.54) is 17.4 Å². The van der Waals surface area contributed by atoms with Gasteiger partial charge >= 0.3 is 0 Å². The van der Waals surface area contributed by atoms with Crippen LogP contribution in [-0.2, 0) is 25.5 Å². The number of thiazole rings is 1. The zero-order valence-corrected chi connectivity index (χ0v) is 23.3. The van der Waals surface area contributed by atoms with Gasteiger partial charge in [0.25, 0.3) is 10.1 Å². The van der Waals surface area contributed by atoms with Crippen molar-refractivity contribution < 1.29 is 37.1 Å². The first kappa shape index (κ1) is 27.9. The molecule has 4 aromatic rings. The molecule has 2 aromatic heterocycles. The predicted molar refractivity (Wildman–Crippen MR) is 144 cm³/mol. The van der Waals surface area contributed by atoms with Crippen molar-refractivity contribution in [2.24, 2.45) is 0 Å². The second-order valence-electron chi connectivity index (χ2n) is 9.23. The zero-order valence-electron chi connectivity index (χ0n) is 20.9. The highest BCUT2D eigenvalue weighted by molar-refractivity contribution is 7.86. The fourth-order valence-corrected chi connectivity index (χ4v) is 6.59. The number of aliphatic hydroxyl groups excluding tert-OH is 3. The average Bonchev–Trinajstić information content (AvgIpc) is 3.61. The normalized spacial score (nSPS) is 23.7. The summed E-state index contributed by atoms with van der Waals surface area (Å²) in [7, 11) is -3.12. The molecule has 0 amide bonds. The smallest absolute Gasteiger partial charge is 0.297 e. The van der Waals surface area contributed by atoms with Gasteiger partial charge in [0, 0.05) is 23.2 Å². The van der Waals surface area contributed by atoms with Crippen LogP contribution in [0.4, 0.5) is 0 Å². The van der Waals surface area contributed by atoms with Crippen molar-refractivity contribution in [1.29, 1.82) is 0 Å². The van der Waals surface area contributed by atoms with Crippen LogP contribution < -0.4 is 0 Å². The first-order valence-electron chi connectivity index (χ1n) is 12.0. The van der Waals surface area contributed by atoms with Crippen LogP contribution in [0.25, 0.3) is 10.6 Å². The van der Waals surface area contributed by atoms with Gasteiger partial charge in [0.2, 0.25) is 0 Å². The Balaban J connectivity index is 1.48. The number of hydrogen-bond donors (Lipinski definition) is 3. The van der Waals surface area contributed by atoms with Crippen LogP contribution in [0.15, 0.2) is 70.3 Å². The quantitative estimate of drug-likeness (QED) is 0.270. The molecule has 9 nitrogen and oxygen atoms in total. The summed E-state index contributed by atoms with van der Waals surface area (Å²) in [6, 6.07) is 13.2. The van der Waals surface area contributed by atoms with Crippen molar-refractivity contribution in [1.82, 2.24) is 4.98 Å². The second kappa shape index (κ2) is 11.1. The molecule has 0 bridgehead atoms. The zero-order chi connectivity index (χ0) is 27.9. The number of aromatic nitrogens is 1. The highest BCUT2D eigenvalue weighted by atomic mass is 35.5. The molecule has 206 valence electrons. The first-order valence-corrected chi connectivity index (χ1v) is 14.6. The van der Waals surface area contributed by atoms with Crippen molar-refractivity contribution in [2.45, 2.75) is 48.8 Å². The predicted octanol–water partition coefficient (Wildman–Crippen LogP) is 4.19. The number of aliphatic hydroxyl groups is 3. The molecule has 3 N–H and O–H groups in total. The minimum absolute atomic E-state index is 0.114. The van der Waals surface area contributed by atoms with E-state index >= 15 is 0 Å². The summed E-state index contributed by atoms with van der Waals surface area (Å²) in [6.45, 7) is 1.76. The van der Waals surface area contributed by atoms with E-state index in [-0.39, 0.29) is 10.5 Å². The molecule has 0 aliphatic carbocycles. The van der Waals surface area contributed by atoms with E-state index in [4.69, 9.17) is 24.9 Å². The van der Waals surface area contributed by atoms with Gasteiger partial charge in [0.15, 0.2) is 0 Å². The van der Waals surface area contributed by atoms with Gasteiger partial charge in [-0.2, -0.15) is 8.42 Å². The van der Waals surface area contributed by atoms with Gasteiger partial charge in [0.1, 0.15) is 36.3 Å². The standard InChI is InChI=1S/C27H26ClNO8S2/c1-14-5-8-21(39(33,34)35-2)17(10-14)27-25(32)23(30)24(31)26(37-27)15-6-7-18(28)16(11-15)12-22-29-13-20(38-22)19-4-3-9-36-19/h3-11,13,23-27,30-32H,12H2,1-2H3/t23-,24-,25+,26+,27-/m1/s1. The number of hydrogen-bond acceptors (Lipinski definition) is 10. The largest absolute Gasteiger partial charge is 0.463 e. The molecule has 12 heteroatoms. The Labute approximate surface area is 234 Å². The number of ether oxygens (including phenoxy) is 1. The molecular weight excluding hydrogens is 566 g/mol. The summed E-state index contributed by atoms with van der Waals surface area (Å²) < 4.78 is 41.5. The molecule has 0 saturated carbocycles. The monoisotopic (exact) mass is 591 g/mol. The highest BCUT2D eigenvalue weighted by Crippen LogP contribution is 2.42. The summed E-state index contributed by atoms with van der Waals surface area (Å²) >= 11 is 7.95. The third-order valence-corrected chi connectivity index (χ3v) is 9.36. The van der Waals surface area contributed by atoms with Gasteiger partial charge in [-0.1, -0.05) is 41.4 Å². The molecule has 5 atom stereocenters. The van der Waals surface area contributed by atoms with Gasteiger partial charge < -0.3 is 24.5 Å². The Morgan fingerprint density at radius 3 is 2.54 bits per heavy atom. The number of furan rings is 1. The van der Waals surface area contributed by atoms with E-state index in [0.717, 1.165) is 17.0 Å². The topological polar surface area (TPSA) is 139 Å². The fourth-order valence-electron chi connectivity index (χ4n) is 4.61. The highest BCUT2D eigenvalue weighted by Gasteiger charge is 2.46. The summed E-state index contributed by atoms with van der Waals surface area (Å²) in [4.78, 5) is 5.14. The molecule has 1 aliphatic rings. The lowest BCUT2D eigenvalue weighted by Crippen LogP contribution is -2.50. The summed E-state index contributed by atoms with van der Waals surface area (Å²) in [6.07, 6.45) is -3.40. The molecule has 5 rings (SSSR count). The Kier molecular flexibility index (Phi) is 7.96. The van der Waals surface area contributed by atoms with E-state index in [1.807, 2.05) is 6.07 Å². The van der Waals surface area contributed by atoms with Crippen molar-refractivity contribution in [2.75, 3.05) is 7.11 Å². The Bertz CT molecular complexity index is 1570. The van der Waals surface area contributed by atoms with Gasteiger partial charge in [-0.05, 0) is 42.3 Å². The van der Waals surface area contributed by atoms with Crippen molar-refractivity contribution in [3.63, 3.8) is 0 Å². The van der Waals surface area contributed by atoms with E-state index in [2.05, 4.69) is 4.98 Å². The minimum Gasteiger partial charge on any atom is -0.463 e. The number of benzene rings is 2. The van der Waals surface area contributed by atoms with Crippen LogP contribution in [0.1, 0.15) is 39.5 Å². The van der Waals surface area contributed by atoms with Crippen LogP contribution in [0.2, 0.25) is 5.02 Å². The Morgan fingerprint density at radius 1 is 1.05 bits per heavy atom. The maximum Gasteiger partial charge on any atom is 0.297 e. The molecule has 39 heavy (non-hydrogen) atoms. The minimum atomic E-state index is -4.16. The van der Waals surface area contributed by atoms with Crippen molar-refractivity contribution >= 4 is 33.1 Å². The van der Waals surface area contributed by atoms with Gasteiger partial charge in [-0.25, -0.2) is 4.98 Å². The maximum atomic E-state index is 12.6. The van der Waals surface area contributed by atoms with E-state index < -0.39 is 40.6 Å². The third kappa shape index (κ3) is 5.54. The van der Waals surface area contributed by atoms with Crippen molar-refractivity contribution in [3.05, 3.63) is 93.3 Å². The molecule has 1 aliphatic heterocycles. The molecule has 1 saturated heterocycles. The fraction of sp³-hybridized carbons (Fsp3) is 0.296. The SMILES string of the molecule is COS(=O)(=O)c1ccc(C)cc1[C@H]1O[C@@H](c2ccc(Cl)c(Cc3ncc(-c4ccco4)s3)c2)[C@H](O)[C@@H](O)[C@@H]1O. The third-order valence-electron chi connectivity index (χ3n) is 6.63. The van der Waals surface area contributed by atoms with Gasteiger partial charge in [-0.3, -0.25) is 4.18 Å². The molecular formula is C27H26ClNO8S2. The first-order chi connectivity index (χ1) is 18.6. The molecule has 2 aromatic carbocycles. The lowest BCUT2D eigenvalue weighted by atomic mass is 9.87. The molecule has 0 radical (unpaired) electrons. The van der Waals surface area contributed by atoms with Crippen LogP contribution in [-0.4, -0.2) is 54.1 Å². The van der Waals surface area contributed by atoms with E-state index in [0.29, 0.717) is 33.9 Å². The van der Waals surface area contributed by atoms with Crippen LogP contribution in [0.3, 0.4) is 0 Å². The Morgan fingerprint density at radius 2 is 1.82 bits per heavy atom. The summed E-state index contributed by atoms with van der Waals surface area (Å²) in [5.74, 6) is 0.710. The molecule has 3 heterocycles. The Hall–Kier alpha value is -2.61. The number of aryl methyl sites for hydroxylation is 1. The second-order valence-corrected chi connectivity index (χ2v) is 12.4. The lowest BCUT2D eigenvalue weighted by molar-refractivity contribution is -0.228. The number of halogens is 1. The number of nitrogens with zero attached hydrogens (tertiary/aromatic N) is 1. The maximum absolute atomic E-state index is 12.6. The molecule has 1 fully saturated rings. The van der Waals surface area contributed by atoms with E-state index in [9.17, 15) is 23.7 Å². The molecule has 0 unspecified atom stereocenters. The molecule has 0 spiro atoms. The van der Waals surface area contributed by atoms with Crippen LogP contribution in [0, 0.1) is 6.92 Å². The van der Waals surface area contributed by atoms with E-state index in [1.54, 1.807) is 55.8 Å². The van der Waals surface area contributed by atoms with Crippen molar-refractivity contribution in [3.8, 4) is 10.6 Å². The number of rotatable bonds is 7. The van der Waals surface area contributed by atoms with Gasteiger partial charge in [-0.15, -0.1) is 11.3 Å². The van der Waals surface area contributed by atoms with Crippen LogP contribution in [0.5, 0.6) is 0 Å². The van der Waals surface area contributed by atoms with Crippen LogP contribution >= 0.6 is 22.9 Å². The lowest BCUT2D eigenvalue weighted by Gasteiger charge is -2.41. The summed E-state index contributed by atoms with van der Waals surface area (Å²) in [5, 5.41) is 33.8. The van der Waals surface area contributed by atoms with Gasteiger partial charge in [0.05, 0.1) is 28.2 Å².